The zero-order chi connectivity index (χ0) is 10.1. The molecule has 78 valence electrons. The second kappa shape index (κ2) is 3.73. The van der Waals surface area contributed by atoms with Gasteiger partial charge in [-0.15, -0.1) is 0 Å². The fraction of sp³-hybridized carbons (Fsp3) is 0.400. The highest BCUT2D eigenvalue weighted by Gasteiger charge is 2.18. The molecule has 1 saturated heterocycles. The number of fused-ring (bicyclic) bond motifs is 1. The number of nitrogens with zero attached hydrogens (tertiary/aromatic N) is 3. The molecule has 4 nitrogen and oxygen atoms in total. The van der Waals surface area contributed by atoms with Gasteiger partial charge in [-0.1, -0.05) is 0 Å². The van der Waals surface area contributed by atoms with Crippen molar-refractivity contribution >= 4 is 17.3 Å². The lowest BCUT2D eigenvalue weighted by atomic mass is 10.3. The van der Waals surface area contributed by atoms with E-state index < -0.39 is 0 Å². The van der Waals surface area contributed by atoms with Crippen LogP contribution in [0.4, 0.5) is 0 Å². The lowest BCUT2D eigenvalue weighted by molar-refractivity contribution is 0.222. The average molecular weight is 221 g/mol. The van der Waals surface area contributed by atoms with Crippen LogP contribution in [0.15, 0.2) is 24.7 Å². The molecule has 0 aromatic carbocycles. The highest BCUT2D eigenvalue weighted by atomic mass is 32.2. The van der Waals surface area contributed by atoms with E-state index in [0.29, 0.717) is 12.0 Å². The van der Waals surface area contributed by atoms with Gasteiger partial charge in [0.2, 0.25) is 5.88 Å². The second-order valence-electron chi connectivity index (χ2n) is 3.50. The molecule has 0 bridgehead atoms. The molecule has 0 saturated carbocycles. The van der Waals surface area contributed by atoms with E-state index in [4.69, 9.17) is 4.74 Å². The molecule has 1 unspecified atom stereocenters. The number of ether oxygens (including phenoxy) is 1. The van der Waals surface area contributed by atoms with E-state index in [1.807, 2.05) is 24.0 Å². The van der Waals surface area contributed by atoms with Crippen molar-refractivity contribution in [2.75, 3.05) is 11.5 Å². The molecule has 3 rings (SSSR count). The van der Waals surface area contributed by atoms with E-state index in [1.165, 1.54) is 5.75 Å². The molecule has 1 atom stereocenters. The third-order valence-electron chi connectivity index (χ3n) is 2.46. The number of rotatable bonds is 2. The van der Waals surface area contributed by atoms with Crippen molar-refractivity contribution in [2.45, 2.75) is 12.5 Å². The first-order chi connectivity index (χ1) is 7.43. The molecule has 3 heterocycles. The predicted molar refractivity (Wildman–Crippen MR) is 59.3 cm³/mol. The summed E-state index contributed by atoms with van der Waals surface area (Å²) in [6, 6.07) is 1.92. The minimum Gasteiger partial charge on any atom is -0.472 e. The molecule has 0 spiro atoms. The van der Waals surface area contributed by atoms with Gasteiger partial charge < -0.3 is 4.74 Å². The summed E-state index contributed by atoms with van der Waals surface area (Å²) in [6.07, 6.45) is 6.72. The van der Waals surface area contributed by atoms with Crippen molar-refractivity contribution < 1.29 is 4.74 Å². The molecule has 2 aromatic rings. The lowest BCUT2D eigenvalue weighted by Gasteiger charge is -2.11. The van der Waals surface area contributed by atoms with Gasteiger partial charge in [-0.3, -0.25) is 0 Å². The zero-order valence-corrected chi connectivity index (χ0v) is 8.98. The minimum atomic E-state index is 0.309. The van der Waals surface area contributed by atoms with Crippen molar-refractivity contribution in [3.05, 3.63) is 24.7 Å². The molecule has 0 N–H and O–H groups in total. The Bertz CT molecular complexity index is 464. The Kier molecular flexibility index (Phi) is 2.25. The fourth-order valence-corrected chi connectivity index (χ4v) is 2.78. The fourth-order valence-electron chi connectivity index (χ4n) is 1.69. The molecule has 15 heavy (non-hydrogen) atoms. The van der Waals surface area contributed by atoms with E-state index in [0.717, 1.165) is 17.7 Å². The van der Waals surface area contributed by atoms with Crippen molar-refractivity contribution in [1.29, 1.82) is 0 Å². The Labute approximate surface area is 91.6 Å². The Hall–Kier alpha value is -1.23. The quantitative estimate of drug-likeness (QED) is 0.772. The lowest BCUT2D eigenvalue weighted by Crippen LogP contribution is -2.16. The third kappa shape index (κ3) is 1.67. The summed E-state index contributed by atoms with van der Waals surface area (Å²) in [5.41, 5.74) is 0.939. The first kappa shape index (κ1) is 9.03. The van der Waals surface area contributed by atoms with Crippen LogP contribution in [0.5, 0.6) is 5.88 Å². The van der Waals surface area contributed by atoms with Gasteiger partial charge in [0.05, 0.1) is 6.20 Å². The van der Waals surface area contributed by atoms with Crippen LogP contribution in [-0.2, 0) is 0 Å². The predicted octanol–water partition coefficient (Wildman–Crippen LogP) is 1.61. The van der Waals surface area contributed by atoms with E-state index in [1.54, 1.807) is 16.9 Å². The van der Waals surface area contributed by atoms with Crippen LogP contribution in [0.3, 0.4) is 0 Å². The maximum atomic E-state index is 5.85. The van der Waals surface area contributed by atoms with Gasteiger partial charge >= 0.3 is 0 Å². The summed E-state index contributed by atoms with van der Waals surface area (Å²) < 4.78 is 7.64. The van der Waals surface area contributed by atoms with Gasteiger partial charge in [0, 0.05) is 18.1 Å². The second-order valence-corrected chi connectivity index (χ2v) is 4.65. The molecule has 2 aromatic heterocycles. The van der Waals surface area contributed by atoms with Crippen molar-refractivity contribution in [3.8, 4) is 5.88 Å². The van der Waals surface area contributed by atoms with E-state index in [2.05, 4.69) is 10.1 Å². The third-order valence-corrected chi connectivity index (χ3v) is 3.59. The molecule has 0 radical (unpaired) electrons. The van der Waals surface area contributed by atoms with Crippen molar-refractivity contribution in [2.24, 2.45) is 0 Å². The van der Waals surface area contributed by atoms with E-state index >= 15 is 0 Å². The summed E-state index contributed by atoms with van der Waals surface area (Å²) in [5, 5.41) is 4.15. The highest BCUT2D eigenvalue weighted by molar-refractivity contribution is 7.99. The van der Waals surface area contributed by atoms with Crippen molar-refractivity contribution in [1.82, 2.24) is 14.6 Å². The van der Waals surface area contributed by atoms with Crippen LogP contribution in [0.2, 0.25) is 0 Å². The number of thioether (sulfide) groups is 1. The smallest absolute Gasteiger partial charge is 0.240 e. The highest BCUT2D eigenvalue weighted by Crippen LogP contribution is 2.24. The number of hydrogen-bond acceptors (Lipinski definition) is 4. The Morgan fingerprint density at radius 2 is 2.47 bits per heavy atom. The van der Waals surface area contributed by atoms with Gasteiger partial charge in [0.25, 0.3) is 0 Å². The molecule has 5 heteroatoms. The molecule has 0 amide bonds. The normalized spacial score (nSPS) is 20.9. The van der Waals surface area contributed by atoms with Gasteiger partial charge in [-0.05, 0) is 18.2 Å². The SMILES string of the molecule is c1cn2nccc2c(OC2CCSC2)n1. The number of hydrogen-bond donors (Lipinski definition) is 0. The average Bonchev–Trinajstić information content (AvgIpc) is 2.87. The van der Waals surface area contributed by atoms with Gasteiger partial charge in [0.15, 0.2) is 0 Å². The Morgan fingerprint density at radius 3 is 3.33 bits per heavy atom. The first-order valence-electron chi connectivity index (χ1n) is 4.96. The molecule has 1 aliphatic rings. The van der Waals surface area contributed by atoms with Crippen molar-refractivity contribution in [3.63, 3.8) is 0 Å². The van der Waals surface area contributed by atoms with E-state index in [-0.39, 0.29) is 0 Å². The summed E-state index contributed by atoms with van der Waals surface area (Å²) >= 11 is 1.93. The molecular weight excluding hydrogens is 210 g/mol. The maximum absolute atomic E-state index is 5.85. The van der Waals surface area contributed by atoms with Crippen LogP contribution in [0, 0.1) is 0 Å². The van der Waals surface area contributed by atoms with Gasteiger partial charge in [-0.2, -0.15) is 16.9 Å². The first-order valence-corrected chi connectivity index (χ1v) is 6.12. The van der Waals surface area contributed by atoms with Crippen LogP contribution in [0.1, 0.15) is 6.42 Å². The largest absolute Gasteiger partial charge is 0.472 e. The summed E-state index contributed by atoms with van der Waals surface area (Å²) in [5.74, 6) is 2.95. The summed E-state index contributed by atoms with van der Waals surface area (Å²) in [7, 11) is 0. The van der Waals surface area contributed by atoms with Gasteiger partial charge in [-0.25, -0.2) is 9.50 Å². The van der Waals surface area contributed by atoms with Crippen LogP contribution >= 0.6 is 11.8 Å². The molecular formula is C10H11N3OS. The van der Waals surface area contributed by atoms with Crippen LogP contribution in [-0.4, -0.2) is 32.2 Å². The Morgan fingerprint density at radius 1 is 1.47 bits per heavy atom. The monoisotopic (exact) mass is 221 g/mol. The van der Waals surface area contributed by atoms with Gasteiger partial charge in [0.1, 0.15) is 11.6 Å². The molecule has 1 aliphatic heterocycles. The zero-order valence-electron chi connectivity index (χ0n) is 8.17. The topological polar surface area (TPSA) is 39.4 Å². The Balaban J connectivity index is 1.92. The molecule has 0 aliphatic carbocycles. The van der Waals surface area contributed by atoms with Crippen LogP contribution < -0.4 is 4.74 Å². The minimum absolute atomic E-state index is 0.309. The number of aromatic nitrogens is 3. The summed E-state index contributed by atoms with van der Waals surface area (Å²) in [4.78, 5) is 4.25. The summed E-state index contributed by atoms with van der Waals surface area (Å²) in [6.45, 7) is 0. The van der Waals surface area contributed by atoms with Crippen LogP contribution in [0.25, 0.3) is 5.52 Å². The standard InChI is InChI=1S/C10H11N3OS/c1-3-12-13-5-4-11-10(9(1)13)14-8-2-6-15-7-8/h1,3-5,8H,2,6-7H2. The molecule has 1 fully saturated rings. The van der Waals surface area contributed by atoms with E-state index in [9.17, 15) is 0 Å². The maximum Gasteiger partial charge on any atom is 0.240 e.